The number of aliphatic hydroxyl groups is 1. The number of hydrogen-bond acceptors (Lipinski definition) is 4. The number of nitrogens with zero attached hydrogens (tertiary/aromatic N) is 2. The second-order valence-corrected chi connectivity index (χ2v) is 6.10. The van der Waals surface area contributed by atoms with Crippen LogP contribution in [0, 0.1) is 0 Å². The molecular weight excluding hydrogens is 226 g/mol. The smallest absolute Gasteiger partial charge is 0.0623 e. The van der Waals surface area contributed by atoms with Gasteiger partial charge in [-0.3, -0.25) is 0 Å². The van der Waals surface area contributed by atoms with Crippen LogP contribution in [-0.4, -0.2) is 73.4 Å². The van der Waals surface area contributed by atoms with E-state index in [9.17, 15) is 5.11 Å². The first-order valence-corrected chi connectivity index (χ1v) is 7.08. The predicted molar refractivity (Wildman–Crippen MR) is 79.0 cm³/mol. The summed E-state index contributed by atoms with van der Waals surface area (Å²) in [5.74, 6) is 0. The Labute approximate surface area is 113 Å². The van der Waals surface area contributed by atoms with Crippen molar-refractivity contribution in [2.75, 3.05) is 46.9 Å². The Bertz CT molecular complexity index is 209. The molecule has 0 bridgehead atoms. The maximum Gasteiger partial charge on any atom is 0.0623 e. The fraction of sp³-hybridized carbons (Fsp3) is 1.00. The Morgan fingerprint density at radius 1 is 1.17 bits per heavy atom. The largest absolute Gasteiger partial charge is 0.394 e. The lowest BCUT2D eigenvalue weighted by Gasteiger charge is -2.37. The summed E-state index contributed by atoms with van der Waals surface area (Å²) in [7, 11) is 4.20. The molecular formula is C14H33N3O. The Morgan fingerprint density at radius 3 is 2.17 bits per heavy atom. The van der Waals surface area contributed by atoms with Gasteiger partial charge in [-0.15, -0.1) is 0 Å². The fourth-order valence-corrected chi connectivity index (χ4v) is 2.26. The van der Waals surface area contributed by atoms with E-state index in [0.29, 0.717) is 6.04 Å². The van der Waals surface area contributed by atoms with E-state index in [1.54, 1.807) is 0 Å². The zero-order chi connectivity index (χ0) is 14.2. The van der Waals surface area contributed by atoms with Crippen LogP contribution in [0.3, 0.4) is 0 Å². The highest BCUT2D eigenvalue weighted by molar-refractivity contribution is 4.87. The van der Waals surface area contributed by atoms with Crippen molar-refractivity contribution in [1.82, 2.24) is 15.1 Å². The summed E-state index contributed by atoms with van der Waals surface area (Å²) in [6, 6.07) is 0.388. The summed E-state index contributed by atoms with van der Waals surface area (Å²) in [6.45, 7) is 12.8. The highest BCUT2D eigenvalue weighted by atomic mass is 16.3. The van der Waals surface area contributed by atoms with Crippen LogP contribution >= 0.6 is 0 Å². The molecule has 110 valence electrons. The summed E-state index contributed by atoms with van der Waals surface area (Å²) in [5, 5.41) is 13.1. The molecule has 18 heavy (non-hydrogen) atoms. The molecule has 0 aromatic rings. The highest BCUT2D eigenvalue weighted by Crippen LogP contribution is 2.08. The van der Waals surface area contributed by atoms with Crippen molar-refractivity contribution in [3.8, 4) is 0 Å². The van der Waals surface area contributed by atoms with Crippen LogP contribution in [0.2, 0.25) is 0 Å². The molecule has 0 heterocycles. The van der Waals surface area contributed by atoms with Gasteiger partial charge in [-0.1, -0.05) is 20.8 Å². The van der Waals surface area contributed by atoms with E-state index in [-0.39, 0.29) is 12.1 Å². The summed E-state index contributed by atoms with van der Waals surface area (Å²) >= 11 is 0. The Morgan fingerprint density at radius 2 is 1.78 bits per heavy atom. The second kappa shape index (κ2) is 8.86. The number of nitrogens with one attached hydrogen (secondary N) is 1. The minimum Gasteiger partial charge on any atom is -0.394 e. The minimum atomic E-state index is -0.213. The lowest BCUT2D eigenvalue weighted by atomic mass is 10.0. The number of rotatable bonds is 10. The zero-order valence-corrected chi connectivity index (χ0v) is 13.2. The van der Waals surface area contributed by atoms with Gasteiger partial charge >= 0.3 is 0 Å². The van der Waals surface area contributed by atoms with Crippen LogP contribution in [0.5, 0.6) is 0 Å². The summed E-state index contributed by atoms with van der Waals surface area (Å²) in [5.41, 5.74) is -0.213. The summed E-state index contributed by atoms with van der Waals surface area (Å²) in [4.78, 5) is 4.64. The number of likely N-dealkylation sites (N-methyl/N-ethyl adjacent to an activating group) is 1. The van der Waals surface area contributed by atoms with Crippen LogP contribution < -0.4 is 5.32 Å². The van der Waals surface area contributed by atoms with Crippen molar-refractivity contribution < 1.29 is 5.11 Å². The number of hydrogen-bond donors (Lipinski definition) is 2. The van der Waals surface area contributed by atoms with E-state index < -0.39 is 0 Å². The maximum atomic E-state index is 9.63. The van der Waals surface area contributed by atoms with Crippen LogP contribution in [0.25, 0.3) is 0 Å². The number of aliphatic hydroxyl groups excluding tert-OH is 1. The first kappa shape index (κ1) is 17.8. The molecule has 0 aliphatic carbocycles. The Balaban J connectivity index is 4.41. The average Bonchev–Trinajstić information content (AvgIpc) is 2.25. The van der Waals surface area contributed by atoms with E-state index >= 15 is 0 Å². The van der Waals surface area contributed by atoms with E-state index in [1.165, 1.54) is 0 Å². The summed E-state index contributed by atoms with van der Waals surface area (Å²) < 4.78 is 0. The van der Waals surface area contributed by atoms with Crippen LogP contribution in [0.15, 0.2) is 0 Å². The third-order valence-corrected chi connectivity index (χ3v) is 2.96. The van der Waals surface area contributed by atoms with Gasteiger partial charge in [-0.2, -0.15) is 0 Å². The van der Waals surface area contributed by atoms with Crippen molar-refractivity contribution in [1.29, 1.82) is 0 Å². The first-order valence-electron chi connectivity index (χ1n) is 7.08. The SMILES string of the molecule is CCCN(CCN(C)C)CC(C)(CO)NC(C)C. The maximum absolute atomic E-state index is 9.63. The molecule has 4 nitrogen and oxygen atoms in total. The molecule has 0 saturated carbocycles. The van der Waals surface area contributed by atoms with Crippen molar-refractivity contribution in [2.24, 2.45) is 0 Å². The van der Waals surface area contributed by atoms with Gasteiger partial charge in [0.25, 0.3) is 0 Å². The van der Waals surface area contributed by atoms with Gasteiger partial charge in [0.1, 0.15) is 0 Å². The predicted octanol–water partition coefficient (Wildman–Crippen LogP) is 1.01. The van der Waals surface area contributed by atoms with Gasteiger partial charge in [0.2, 0.25) is 0 Å². The van der Waals surface area contributed by atoms with E-state index in [4.69, 9.17) is 0 Å². The molecule has 0 rings (SSSR count). The summed E-state index contributed by atoms with van der Waals surface area (Å²) in [6.07, 6.45) is 1.15. The lowest BCUT2D eigenvalue weighted by Crippen LogP contribution is -2.56. The van der Waals surface area contributed by atoms with E-state index in [0.717, 1.165) is 32.6 Å². The molecule has 0 aliphatic rings. The fourth-order valence-electron chi connectivity index (χ4n) is 2.26. The third-order valence-electron chi connectivity index (χ3n) is 2.96. The first-order chi connectivity index (χ1) is 8.33. The van der Waals surface area contributed by atoms with Crippen molar-refractivity contribution in [3.05, 3.63) is 0 Å². The van der Waals surface area contributed by atoms with E-state index in [2.05, 4.69) is 56.9 Å². The molecule has 0 aromatic heterocycles. The average molecular weight is 259 g/mol. The van der Waals surface area contributed by atoms with E-state index in [1.807, 2.05) is 0 Å². The molecule has 4 heteroatoms. The minimum absolute atomic E-state index is 0.174. The van der Waals surface area contributed by atoms with Gasteiger partial charge in [-0.25, -0.2) is 0 Å². The quantitative estimate of drug-likeness (QED) is 0.614. The second-order valence-electron chi connectivity index (χ2n) is 6.10. The molecule has 0 spiro atoms. The molecule has 0 aromatic carbocycles. The normalized spacial score (nSPS) is 15.7. The van der Waals surface area contributed by atoms with Gasteiger partial charge in [0.15, 0.2) is 0 Å². The molecule has 0 amide bonds. The topological polar surface area (TPSA) is 38.7 Å². The van der Waals surface area contributed by atoms with Crippen LogP contribution in [0.1, 0.15) is 34.1 Å². The molecule has 0 fully saturated rings. The van der Waals surface area contributed by atoms with Crippen molar-refractivity contribution in [3.63, 3.8) is 0 Å². The van der Waals surface area contributed by atoms with Gasteiger partial charge in [0.05, 0.1) is 12.1 Å². The van der Waals surface area contributed by atoms with Crippen LogP contribution in [-0.2, 0) is 0 Å². The Kier molecular flexibility index (Phi) is 8.78. The monoisotopic (exact) mass is 259 g/mol. The van der Waals surface area contributed by atoms with Crippen molar-refractivity contribution >= 4 is 0 Å². The van der Waals surface area contributed by atoms with Crippen molar-refractivity contribution in [2.45, 2.75) is 45.7 Å². The molecule has 2 N–H and O–H groups in total. The Hall–Kier alpha value is -0.160. The molecule has 1 atom stereocenters. The standard InChI is InChI=1S/C14H33N3O/c1-7-8-17(10-9-16(5)6)11-14(4,12-18)15-13(2)3/h13,15,18H,7-12H2,1-6H3. The molecule has 0 saturated heterocycles. The van der Waals surface area contributed by atoms with Crippen LogP contribution in [0.4, 0.5) is 0 Å². The third kappa shape index (κ3) is 8.03. The lowest BCUT2D eigenvalue weighted by molar-refractivity contribution is 0.109. The molecule has 0 radical (unpaired) electrons. The zero-order valence-electron chi connectivity index (χ0n) is 13.2. The highest BCUT2D eigenvalue weighted by Gasteiger charge is 2.26. The van der Waals surface area contributed by atoms with Gasteiger partial charge < -0.3 is 20.2 Å². The van der Waals surface area contributed by atoms with Gasteiger partial charge in [0, 0.05) is 25.7 Å². The molecule has 1 unspecified atom stereocenters. The molecule has 0 aliphatic heterocycles. The van der Waals surface area contributed by atoms with Gasteiger partial charge in [-0.05, 0) is 34.0 Å².